The predicted octanol–water partition coefficient (Wildman–Crippen LogP) is 3.55. The molecule has 1 N–H and O–H groups in total. The van der Waals surface area contributed by atoms with Crippen LogP contribution in [0.5, 0.6) is 0 Å². The second-order valence-corrected chi connectivity index (χ2v) is 7.20. The van der Waals surface area contributed by atoms with Gasteiger partial charge < -0.3 is 10.2 Å². The number of nitrogens with zero attached hydrogens (tertiary/aromatic N) is 1. The molecule has 2 atom stereocenters. The molecule has 1 aliphatic heterocycles. The number of amides is 1. The Morgan fingerprint density at radius 2 is 2.05 bits per heavy atom. The number of piperidine rings is 1. The van der Waals surface area contributed by atoms with Crippen LogP contribution in [0.15, 0.2) is 18.2 Å². The third-order valence-electron chi connectivity index (χ3n) is 4.91. The molecule has 2 aliphatic rings. The van der Waals surface area contributed by atoms with Gasteiger partial charge in [0.05, 0.1) is 10.0 Å². The van der Waals surface area contributed by atoms with Gasteiger partial charge in [-0.25, -0.2) is 0 Å². The van der Waals surface area contributed by atoms with Crippen LogP contribution >= 0.6 is 23.2 Å². The Hall–Kier alpha value is -0.770. The Balaban J connectivity index is 1.58. The fraction of sp³-hybridized carbons (Fsp3) is 0.588. The SMILES string of the molecule is CNCC1CCN(C(=O)C2CC2c2cccc(Cl)c2Cl)CC1. The van der Waals surface area contributed by atoms with Gasteiger partial charge in [-0.05, 0) is 56.3 Å². The first-order valence-corrected chi connectivity index (χ1v) is 8.74. The van der Waals surface area contributed by atoms with Gasteiger partial charge in [0.15, 0.2) is 0 Å². The van der Waals surface area contributed by atoms with Gasteiger partial charge in [-0.3, -0.25) is 4.79 Å². The minimum absolute atomic E-state index is 0.0943. The average Bonchev–Trinajstić information content (AvgIpc) is 3.31. The molecule has 1 amide bonds. The maximum atomic E-state index is 12.6. The number of hydrogen-bond donors (Lipinski definition) is 1. The van der Waals surface area contributed by atoms with Gasteiger partial charge in [0.1, 0.15) is 0 Å². The van der Waals surface area contributed by atoms with E-state index in [1.165, 1.54) is 0 Å². The summed E-state index contributed by atoms with van der Waals surface area (Å²) in [4.78, 5) is 14.7. The van der Waals surface area contributed by atoms with Crippen molar-refractivity contribution in [2.75, 3.05) is 26.7 Å². The Morgan fingerprint density at radius 3 is 2.73 bits per heavy atom. The molecule has 0 aromatic heterocycles. The third-order valence-corrected chi connectivity index (χ3v) is 5.74. The van der Waals surface area contributed by atoms with Gasteiger partial charge in [-0.1, -0.05) is 35.3 Å². The largest absolute Gasteiger partial charge is 0.342 e. The first-order valence-electron chi connectivity index (χ1n) is 7.99. The number of carbonyl (C=O) groups is 1. The molecule has 0 bridgehead atoms. The summed E-state index contributed by atoms with van der Waals surface area (Å²) in [6.45, 7) is 2.82. The van der Waals surface area contributed by atoms with Crippen LogP contribution < -0.4 is 5.32 Å². The number of nitrogens with one attached hydrogen (secondary N) is 1. The Morgan fingerprint density at radius 1 is 1.32 bits per heavy atom. The molecule has 1 saturated heterocycles. The number of halogens is 2. The van der Waals surface area contributed by atoms with Crippen molar-refractivity contribution in [3.05, 3.63) is 33.8 Å². The molecule has 120 valence electrons. The van der Waals surface area contributed by atoms with Crippen LogP contribution in [0.2, 0.25) is 10.0 Å². The fourth-order valence-electron chi connectivity index (χ4n) is 3.50. The van der Waals surface area contributed by atoms with Crippen LogP contribution in [-0.2, 0) is 4.79 Å². The van der Waals surface area contributed by atoms with Gasteiger partial charge in [0.2, 0.25) is 5.91 Å². The summed E-state index contributed by atoms with van der Waals surface area (Å²) in [5, 5.41) is 4.41. The van der Waals surface area contributed by atoms with Crippen molar-refractivity contribution in [3.63, 3.8) is 0 Å². The fourth-order valence-corrected chi connectivity index (χ4v) is 3.95. The number of likely N-dealkylation sites (tertiary alicyclic amines) is 1. The summed E-state index contributed by atoms with van der Waals surface area (Å²) in [6.07, 6.45) is 3.10. The Bertz CT molecular complexity index is 556. The highest BCUT2D eigenvalue weighted by atomic mass is 35.5. The maximum absolute atomic E-state index is 12.6. The molecule has 22 heavy (non-hydrogen) atoms. The number of carbonyl (C=O) groups excluding carboxylic acids is 1. The average molecular weight is 341 g/mol. The molecule has 1 aromatic carbocycles. The van der Waals surface area contributed by atoms with Crippen molar-refractivity contribution in [3.8, 4) is 0 Å². The van der Waals surface area contributed by atoms with E-state index in [2.05, 4.69) is 5.32 Å². The second kappa shape index (κ2) is 6.77. The smallest absolute Gasteiger partial charge is 0.226 e. The van der Waals surface area contributed by atoms with Crippen molar-refractivity contribution < 1.29 is 4.79 Å². The minimum atomic E-state index is 0.0943. The number of benzene rings is 1. The summed E-state index contributed by atoms with van der Waals surface area (Å²) >= 11 is 12.3. The lowest BCUT2D eigenvalue weighted by Crippen LogP contribution is -2.41. The molecule has 1 aliphatic carbocycles. The summed E-state index contributed by atoms with van der Waals surface area (Å²) in [5.41, 5.74) is 1.03. The number of hydrogen-bond acceptors (Lipinski definition) is 2. The minimum Gasteiger partial charge on any atom is -0.342 e. The monoisotopic (exact) mass is 340 g/mol. The maximum Gasteiger partial charge on any atom is 0.226 e. The topological polar surface area (TPSA) is 32.3 Å². The zero-order valence-electron chi connectivity index (χ0n) is 12.8. The van der Waals surface area contributed by atoms with E-state index in [-0.39, 0.29) is 11.8 Å². The summed E-state index contributed by atoms with van der Waals surface area (Å²) < 4.78 is 0. The van der Waals surface area contributed by atoms with E-state index in [0.717, 1.165) is 44.5 Å². The van der Waals surface area contributed by atoms with E-state index in [1.807, 2.05) is 24.1 Å². The summed E-state index contributed by atoms with van der Waals surface area (Å²) in [7, 11) is 1.99. The highest BCUT2D eigenvalue weighted by Crippen LogP contribution is 2.51. The Labute approximate surface area is 142 Å². The van der Waals surface area contributed by atoms with Crippen molar-refractivity contribution in [2.45, 2.75) is 25.2 Å². The zero-order chi connectivity index (χ0) is 15.7. The van der Waals surface area contributed by atoms with Crippen LogP contribution in [-0.4, -0.2) is 37.5 Å². The molecule has 0 spiro atoms. The van der Waals surface area contributed by atoms with Crippen LogP contribution in [0.1, 0.15) is 30.7 Å². The molecule has 5 heteroatoms. The lowest BCUT2D eigenvalue weighted by atomic mass is 9.96. The van der Waals surface area contributed by atoms with Crippen LogP contribution in [0.25, 0.3) is 0 Å². The molecule has 3 nitrogen and oxygen atoms in total. The van der Waals surface area contributed by atoms with E-state index in [1.54, 1.807) is 6.07 Å². The summed E-state index contributed by atoms with van der Waals surface area (Å²) in [6, 6.07) is 5.69. The molecule has 3 rings (SSSR count). The normalized spacial score (nSPS) is 25.3. The lowest BCUT2D eigenvalue weighted by Gasteiger charge is -2.32. The number of rotatable bonds is 4. The highest BCUT2D eigenvalue weighted by Gasteiger charge is 2.47. The molecule has 2 unspecified atom stereocenters. The predicted molar refractivity (Wildman–Crippen MR) is 90.5 cm³/mol. The standard InChI is InChI=1S/C17H22Cl2N2O/c1-20-10-11-5-7-21(8-6-11)17(22)14-9-13(14)12-3-2-4-15(18)16(12)19/h2-4,11,13-14,20H,5-10H2,1H3. The first-order chi connectivity index (χ1) is 10.6. The molecular formula is C17H22Cl2N2O. The van der Waals surface area contributed by atoms with E-state index in [9.17, 15) is 4.79 Å². The van der Waals surface area contributed by atoms with Crippen LogP contribution in [0, 0.1) is 11.8 Å². The van der Waals surface area contributed by atoms with Gasteiger partial charge in [0, 0.05) is 19.0 Å². The molecular weight excluding hydrogens is 319 g/mol. The van der Waals surface area contributed by atoms with E-state index in [4.69, 9.17) is 23.2 Å². The van der Waals surface area contributed by atoms with Crippen molar-refractivity contribution in [1.29, 1.82) is 0 Å². The lowest BCUT2D eigenvalue weighted by molar-refractivity contribution is -0.134. The molecule has 1 heterocycles. The van der Waals surface area contributed by atoms with Crippen molar-refractivity contribution in [1.82, 2.24) is 10.2 Å². The zero-order valence-corrected chi connectivity index (χ0v) is 14.3. The van der Waals surface area contributed by atoms with Crippen molar-refractivity contribution in [2.24, 2.45) is 11.8 Å². The highest BCUT2D eigenvalue weighted by molar-refractivity contribution is 6.42. The molecule has 1 saturated carbocycles. The van der Waals surface area contributed by atoms with Crippen LogP contribution in [0.3, 0.4) is 0 Å². The second-order valence-electron chi connectivity index (χ2n) is 6.42. The van der Waals surface area contributed by atoms with Gasteiger partial charge >= 0.3 is 0 Å². The van der Waals surface area contributed by atoms with Crippen LogP contribution in [0.4, 0.5) is 0 Å². The summed E-state index contributed by atoms with van der Waals surface area (Å²) in [5.74, 6) is 1.33. The Kier molecular flexibility index (Phi) is 4.96. The van der Waals surface area contributed by atoms with E-state index < -0.39 is 0 Å². The third kappa shape index (κ3) is 3.27. The molecule has 1 aromatic rings. The molecule has 0 radical (unpaired) electrons. The van der Waals surface area contributed by atoms with E-state index >= 15 is 0 Å². The van der Waals surface area contributed by atoms with E-state index in [0.29, 0.717) is 21.9 Å². The first kappa shape index (κ1) is 16.1. The van der Waals surface area contributed by atoms with Gasteiger partial charge in [-0.2, -0.15) is 0 Å². The van der Waals surface area contributed by atoms with Gasteiger partial charge in [-0.15, -0.1) is 0 Å². The molecule has 2 fully saturated rings. The van der Waals surface area contributed by atoms with Crippen molar-refractivity contribution >= 4 is 29.1 Å². The van der Waals surface area contributed by atoms with Gasteiger partial charge in [0.25, 0.3) is 0 Å². The quantitative estimate of drug-likeness (QED) is 0.908.